The molecular formula is C19H28O3. The van der Waals surface area contributed by atoms with Crippen LogP contribution in [0.2, 0.25) is 0 Å². The van der Waals surface area contributed by atoms with Gasteiger partial charge in [-0.1, -0.05) is 38.8 Å². The number of ether oxygens (including phenoxy) is 1. The molecule has 1 aromatic carbocycles. The molecule has 1 aliphatic rings. The summed E-state index contributed by atoms with van der Waals surface area (Å²) in [7, 11) is 0. The molecule has 0 radical (unpaired) electrons. The topological polar surface area (TPSA) is 46.5 Å². The number of unbranched alkanes of at least 4 members (excludes halogenated alkanes) is 2. The zero-order valence-corrected chi connectivity index (χ0v) is 13.8. The van der Waals surface area contributed by atoms with Crippen LogP contribution in [0.3, 0.4) is 0 Å². The van der Waals surface area contributed by atoms with Crippen LogP contribution in [-0.4, -0.2) is 17.7 Å². The van der Waals surface area contributed by atoms with Crippen LogP contribution in [0.15, 0.2) is 24.3 Å². The highest BCUT2D eigenvalue weighted by molar-refractivity contribution is 5.73. The zero-order chi connectivity index (χ0) is 15.9. The average molecular weight is 304 g/mol. The fraction of sp³-hybridized carbons (Fsp3) is 0.632. The van der Waals surface area contributed by atoms with Gasteiger partial charge in [-0.25, -0.2) is 0 Å². The summed E-state index contributed by atoms with van der Waals surface area (Å²) in [6, 6.07) is 8.37. The van der Waals surface area contributed by atoms with Crippen molar-refractivity contribution in [2.75, 3.05) is 6.61 Å². The average Bonchev–Trinajstić information content (AvgIpc) is 3.30. The molecular weight excluding hydrogens is 276 g/mol. The van der Waals surface area contributed by atoms with Gasteiger partial charge in [-0.05, 0) is 55.2 Å². The van der Waals surface area contributed by atoms with Crippen LogP contribution in [0, 0.1) is 11.8 Å². The lowest BCUT2D eigenvalue weighted by atomic mass is 9.90. The van der Waals surface area contributed by atoms with E-state index in [0.717, 1.165) is 38.0 Å². The Hall–Kier alpha value is -1.51. The van der Waals surface area contributed by atoms with Gasteiger partial charge in [0, 0.05) is 0 Å². The summed E-state index contributed by atoms with van der Waals surface area (Å²) < 4.78 is 5.74. The Balaban J connectivity index is 1.83. The summed E-state index contributed by atoms with van der Waals surface area (Å²) in [5.74, 6) is 1.03. The SMILES string of the molecule is CCCCCOc1ccc(C(CC)CC2CC2C(=O)O)cc1. The highest BCUT2D eigenvalue weighted by Gasteiger charge is 2.43. The zero-order valence-electron chi connectivity index (χ0n) is 13.8. The van der Waals surface area contributed by atoms with Crippen molar-refractivity contribution in [1.29, 1.82) is 0 Å². The third-order valence-electron chi connectivity index (χ3n) is 4.69. The number of hydrogen-bond acceptors (Lipinski definition) is 2. The van der Waals surface area contributed by atoms with Crippen LogP contribution in [-0.2, 0) is 4.79 Å². The van der Waals surface area contributed by atoms with Gasteiger partial charge in [0.2, 0.25) is 0 Å². The molecule has 1 saturated carbocycles. The predicted octanol–water partition coefficient (Wildman–Crippen LogP) is 4.86. The molecule has 3 nitrogen and oxygen atoms in total. The molecule has 1 aromatic rings. The first-order valence-corrected chi connectivity index (χ1v) is 8.61. The molecule has 1 fully saturated rings. The van der Waals surface area contributed by atoms with Crippen molar-refractivity contribution < 1.29 is 14.6 Å². The van der Waals surface area contributed by atoms with Crippen LogP contribution in [0.1, 0.15) is 63.9 Å². The van der Waals surface area contributed by atoms with Gasteiger partial charge in [0.05, 0.1) is 12.5 Å². The van der Waals surface area contributed by atoms with Crippen molar-refractivity contribution in [3.05, 3.63) is 29.8 Å². The van der Waals surface area contributed by atoms with E-state index in [-0.39, 0.29) is 5.92 Å². The largest absolute Gasteiger partial charge is 0.494 e. The monoisotopic (exact) mass is 304 g/mol. The van der Waals surface area contributed by atoms with E-state index in [1.54, 1.807) is 0 Å². The molecule has 22 heavy (non-hydrogen) atoms. The number of aliphatic carboxylic acids is 1. The van der Waals surface area contributed by atoms with Gasteiger partial charge in [0.25, 0.3) is 0 Å². The summed E-state index contributed by atoms with van der Waals surface area (Å²) in [5.41, 5.74) is 1.31. The van der Waals surface area contributed by atoms with Crippen LogP contribution in [0.25, 0.3) is 0 Å². The number of rotatable bonds is 10. The van der Waals surface area contributed by atoms with E-state index in [4.69, 9.17) is 9.84 Å². The van der Waals surface area contributed by atoms with Crippen molar-refractivity contribution in [2.24, 2.45) is 11.8 Å². The lowest BCUT2D eigenvalue weighted by Gasteiger charge is -2.16. The van der Waals surface area contributed by atoms with E-state index >= 15 is 0 Å². The molecule has 0 aromatic heterocycles. The lowest BCUT2D eigenvalue weighted by molar-refractivity contribution is -0.138. The molecule has 1 N–H and O–H groups in total. The van der Waals surface area contributed by atoms with Crippen molar-refractivity contribution in [1.82, 2.24) is 0 Å². The Labute approximate surface area is 133 Å². The van der Waals surface area contributed by atoms with Gasteiger partial charge in [-0.3, -0.25) is 4.79 Å². The molecule has 0 heterocycles. The van der Waals surface area contributed by atoms with Gasteiger partial charge in [-0.15, -0.1) is 0 Å². The quantitative estimate of drug-likeness (QED) is 0.628. The second-order valence-corrected chi connectivity index (χ2v) is 6.41. The molecule has 0 aliphatic heterocycles. The van der Waals surface area contributed by atoms with Crippen LogP contribution in [0.4, 0.5) is 0 Å². The number of carboxylic acid groups (broad SMARTS) is 1. The summed E-state index contributed by atoms with van der Waals surface area (Å²) in [4.78, 5) is 11.0. The highest BCUT2D eigenvalue weighted by atomic mass is 16.5. The third-order valence-corrected chi connectivity index (χ3v) is 4.69. The van der Waals surface area contributed by atoms with Crippen molar-refractivity contribution in [3.63, 3.8) is 0 Å². The minimum atomic E-state index is -0.629. The minimum absolute atomic E-state index is 0.102. The molecule has 3 unspecified atom stereocenters. The molecule has 0 saturated heterocycles. The van der Waals surface area contributed by atoms with Crippen LogP contribution >= 0.6 is 0 Å². The molecule has 3 atom stereocenters. The summed E-state index contributed by atoms with van der Waals surface area (Å²) >= 11 is 0. The van der Waals surface area contributed by atoms with E-state index in [2.05, 4.69) is 26.0 Å². The highest BCUT2D eigenvalue weighted by Crippen LogP contribution is 2.46. The maximum absolute atomic E-state index is 11.0. The Morgan fingerprint density at radius 1 is 1.27 bits per heavy atom. The number of benzene rings is 1. The predicted molar refractivity (Wildman–Crippen MR) is 88.3 cm³/mol. The summed E-state index contributed by atoms with van der Waals surface area (Å²) in [6.45, 7) is 5.15. The van der Waals surface area contributed by atoms with Crippen molar-refractivity contribution >= 4 is 5.97 Å². The van der Waals surface area contributed by atoms with Gasteiger partial charge in [0.1, 0.15) is 5.75 Å². The fourth-order valence-electron chi connectivity index (χ4n) is 3.09. The normalized spacial score (nSPS) is 21.4. The Kier molecular flexibility index (Phi) is 6.29. The first kappa shape index (κ1) is 16.9. The molecule has 0 bridgehead atoms. The molecule has 2 rings (SSSR count). The van der Waals surface area contributed by atoms with E-state index in [1.165, 1.54) is 18.4 Å². The lowest BCUT2D eigenvalue weighted by Crippen LogP contribution is -2.04. The third kappa shape index (κ3) is 4.75. The van der Waals surface area contributed by atoms with Gasteiger partial charge < -0.3 is 9.84 Å². The van der Waals surface area contributed by atoms with Crippen LogP contribution in [0.5, 0.6) is 5.75 Å². The number of carbonyl (C=O) groups is 1. The minimum Gasteiger partial charge on any atom is -0.494 e. The first-order valence-electron chi connectivity index (χ1n) is 8.61. The maximum atomic E-state index is 11.0. The van der Waals surface area contributed by atoms with Crippen molar-refractivity contribution in [3.8, 4) is 5.75 Å². The molecule has 0 spiro atoms. The van der Waals surface area contributed by atoms with E-state index in [0.29, 0.717) is 11.8 Å². The maximum Gasteiger partial charge on any atom is 0.306 e. The molecule has 3 heteroatoms. The van der Waals surface area contributed by atoms with Gasteiger partial charge >= 0.3 is 5.97 Å². The summed E-state index contributed by atoms with van der Waals surface area (Å²) in [6.07, 6.45) is 6.42. The standard InChI is InChI=1S/C19H28O3/c1-3-5-6-11-22-17-9-7-15(8-10-17)14(4-2)12-16-13-18(16)19(20)21/h7-10,14,16,18H,3-6,11-13H2,1-2H3,(H,20,21). The molecule has 122 valence electrons. The van der Waals surface area contributed by atoms with Gasteiger partial charge in [-0.2, -0.15) is 0 Å². The Bertz CT molecular complexity index is 466. The van der Waals surface area contributed by atoms with Crippen molar-refractivity contribution in [2.45, 2.75) is 58.3 Å². The first-order chi connectivity index (χ1) is 10.7. The molecule has 0 amide bonds. The smallest absolute Gasteiger partial charge is 0.306 e. The Morgan fingerprint density at radius 2 is 2.00 bits per heavy atom. The van der Waals surface area contributed by atoms with Crippen LogP contribution < -0.4 is 4.74 Å². The molecule has 1 aliphatic carbocycles. The fourth-order valence-corrected chi connectivity index (χ4v) is 3.09. The van der Waals surface area contributed by atoms with E-state index in [1.807, 2.05) is 12.1 Å². The second-order valence-electron chi connectivity index (χ2n) is 6.41. The van der Waals surface area contributed by atoms with E-state index in [9.17, 15) is 4.79 Å². The van der Waals surface area contributed by atoms with E-state index < -0.39 is 5.97 Å². The summed E-state index contributed by atoms with van der Waals surface area (Å²) in [5, 5.41) is 9.02. The Morgan fingerprint density at radius 3 is 2.55 bits per heavy atom. The van der Waals surface area contributed by atoms with Gasteiger partial charge in [0.15, 0.2) is 0 Å². The second kappa shape index (κ2) is 8.21. The number of carboxylic acids is 1. The number of hydrogen-bond donors (Lipinski definition) is 1.